The molecule has 0 aromatic heterocycles. The fourth-order valence-corrected chi connectivity index (χ4v) is 13.4. The summed E-state index contributed by atoms with van der Waals surface area (Å²) in [5.41, 5.74) is 2.83. The van der Waals surface area contributed by atoms with Crippen LogP contribution < -0.4 is 15.9 Å². The molecule has 3 aromatic carbocycles. The van der Waals surface area contributed by atoms with Gasteiger partial charge in [0.2, 0.25) is 0 Å². The Kier molecular flexibility index (Phi) is 6.35. The van der Waals surface area contributed by atoms with Crippen LogP contribution in [0.5, 0.6) is 0 Å². The molecule has 5 rings (SSSR count). The van der Waals surface area contributed by atoms with Gasteiger partial charge in [0.05, 0.1) is 0 Å². The molecule has 33 heavy (non-hydrogen) atoms. The molecule has 172 valence electrons. The van der Waals surface area contributed by atoms with Crippen LogP contribution >= 0.6 is 20.8 Å². The van der Waals surface area contributed by atoms with E-state index in [9.17, 15) is 0 Å². The summed E-state index contributed by atoms with van der Waals surface area (Å²) in [4.78, 5) is 0. The van der Waals surface area contributed by atoms with Crippen molar-refractivity contribution in [1.29, 1.82) is 0 Å². The van der Waals surface area contributed by atoms with Gasteiger partial charge in [0.15, 0.2) is 0 Å². The first-order valence-electron chi connectivity index (χ1n) is 11.9. The van der Waals surface area contributed by atoms with Crippen molar-refractivity contribution in [1.82, 2.24) is 0 Å². The monoisotopic (exact) mass is 522 g/mol. The average Bonchev–Trinajstić information content (AvgIpc) is 3.48. The first-order chi connectivity index (χ1) is 16.1. The van der Waals surface area contributed by atoms with Gasteiger partial charge in [-0.3, -0.25) is 0 Å². The number of rotatable bonds is 7. The molecule has 0 amide bonds. The van der Waals surface area contributed by atoms with Crippen molar-refractivity contribution >= 4 is 36.7 Å². The molecule has 2 aliphatic rings. The summed E-state index contributed by atoms with van der Waals surface area (Å²) in [6.07, 6.45) is 5.13. The van der Waals surface area contributed by atoms with E-state index in [1.807, 2.05) is 0 Å². The fourth-order valence-electron chi connectivity index (χ4n) is 5.76. The molecule has 0 bridgehead atoms. The zero-order valence-electron chi connectivity index (χ0n) is 19.3. The van der Waals surface area contributed by atoms with Crippen molar-refractivity contribution in [2.75, 3.05) is 19.4 Å². The number of benzene rings is 3. The first-order valence-corrected chi connectivity index (χ1v) is 16.4. The molecule has 1 fully saturated rings. The van der Waals surface area contributed by atoms with E-state index < -0.39 is 11.1 Å². The summed E-state index contributed by atoms with van der Waals surface area (Å²) in [6, 6.07) is 33.2. The quantitative estimate of drug-likeness (QED) is 0.262. The van der Waals surface area contributed by atoms with Crippen molar-refractivity contribution in [2.45, 2.75) is 38.4 Å². The third-order valence-electron chi connectivity index (χ3n) is 7.45. The van der Waals surface area contributed by atoms with Crippen molar-refractivity contribution in [3.8, 4) is 0 Å². The molecule has 4 heteroatoms. The molecule has 3 aromatic rings. The van der Waals surface area contributed by atoms with E-state index in [0.717, 1.165) is 31.8 Å². The summed E-state index contributed by atoms with van der Waals surface area (Å²) in [5, 5.41) is 1.25. The van der Waals surface area contributed by atoms with E-state index in [1.54, 1.807) is 0 Å². The Morgan fingerprint density at radius 2 is 1.21 bits per heavy atom. The molecular formula is C29H32BrO2P. The molecular weight excluding hydrogens is 491 g/mol. The Labute approximate surface area is 205 Å². The predicted molar refractivity (Wildman–Crippen MR) is 145 cm³/mol. The van der Waals surface area contributed by atoms with Crippen LogP contribution in [0.1, 0.15) is 32.6 Å². The van der Waals surface area contributed by atoms with Gasteiger partial charge in [-0.05, 0) is 0 Å². The number of halogens is 1. The van der Waals surface area contributed by atoms with Gasteiger partial charge in [-0.15, -0.1) is 0 Å². The van der Waals surface area contributed by atoms with Gasteiger partial charge < -0.3 is 0 Å². The molecule has 0 unspecified atom stereocenters. The molecule has 0 atom stereocenters. The molecule has 0 saturated carbocycles. The van der Waals surface area contributed by atoms with Crippen LogP contribution in [0.25, 0.3) is 0 Å². The zero-order chi connectivity index (χ0) is 22.8. The summed E-state index contributed by atoms with van der Waals surface area (Å²) < 4.78 is 12.3. The van der Waals surface area contributed by atoms with Crippen LogP contribution in [0.4, 0.5) is 0 Å². The van der Waals surface area contributed by atoms with E-state index in [1.165, 1.54) is 27.1 Å². The Hall–Kier alpha value is -1.77. The zero-order valence-corrected chi connectivity index (χ0v) is 21.7. The van der Waals surface area contributed by atoms with Crippen LogP contribution in [-0.4, -0.2) is 25.2 Å². The predicted octanol–water partition coefficient (Wildman–Crippen LogP) is 6.46. The van der Waals surface area contributed by atoms with Gasteiger partial charge in [0.1, 0.15) is 0 Å². The molecule has 1 aliphatic carbocycles. The number of hydrogen-bond donors (Lipinski definition) is 0. The van der Waals surface area contributed by atoms with Crippen molar-refractivity contribution in [2.24, 2.45) is 0 Å². The van der Waals surface area contributed by atoms with Crippen LogP contribution in [-0.2, 0) is 9.47 Å². The minimum absolute atomic E-state index is 0.459. The maximum absolute atomic E-state index is 6.17. The van der Waals surface area contributed by atoms with Crippen molar-refractivity contribution < 1.29 is 9.47 Å². The van der Waals surface area contributed by atoms with Gasteiger partial charge in [0, 0.05) is 0 Å². The van der Waals surface area contributed by atoms with E-state index >= 15 is 0 Å². The normalized spacial score (nSPS) is 19.0. The summed E-state index contributed by atoms with van der Waals surface area (Å²) in [6.45, 7) is 3.66. The number of hydrogen-bond acceptors (Lipinski definition) is 2. The van der Waals surface area contributed by atoms with Crippen LogP contribution in [0.15, 0.2) is 102 Å². The molecule has 1 heterocycles. The molecule has 0 N–H and O–H groups in total. The second kappa shape index (κ2) is 9.12. The molecule has 0 radical (unpaired) electrons. The Morgan fingerprint density at radius 3 is 1.67 bits per heavy atom. The van der Waals surface area contributed by atoms with Crippen LogP contribution in [0.2, 0.25) is 0 Å². The van der Waals surface area contributed by atoms with Crippen molar-refractivity contribution in [3.05, 3.63) is 102 Å². The second-order valence-electron chi connectivity index (χ2n) is 9.23. The Morgan fingerprint density at radius 1 is 0.758 bits per heavy atom. The van der Waals surface area contributed by atoms with Crippen LogP contribution in [0.3, 0.4) is 0 Å². The van der Waals surface area contributed by atoms with E-state index in [-0.39, 0.29) is 0 Å². The fraction of sp³-hybridized carbons (Fsp3) is 0.310. The van der Waals surface area contributed by atoms with Gasteiger partial charge in [-0.2, -0.15) is 0 Å². The van der Waals surface area contributed by atoms with Crippen molar-refractivity contribution in [3.63, 3.8) is 0 Å². The standard InChI is InChI=1S/C29H32BrO2P/c1-24-19-20-29(31-21-22-32-29)28(24)18-11-23-33(30,25-12-5-2-6-13-25,26-14-7-3-8-15-26)27-16-9-4-10-17-27/h2-10,12-17H,11,18-23H2,1H3. The maximum atomic E-state index is 6.17. The van der Waals surface area contributed by atoms with E-state index in [4.69, 9.17) is 9.47 Å². The molecule has 1 spiro atoms. The first kappa shape index (κ1) is 23.0. The van der Waals surface area contributed by atoms with E-state index in [0.29, 0.717) is 13.2 Å². The Bertz CT molecular complexity index is 1020. The Balaban J connectivity index is 1.59. The number of allylic oxidation sites excluding steroid dienone is 1. The minimum atomic E-state index is -2.88. The second-order valence-corrected chi connectivity index (χ2v) is 18.3. The summed E-state index contributed by atoms with van der Waals surface area (Å²) in [5.74, 6) is -0.459. The molecule has 1 saturated heterocycles. The van der Waals surface area contributed by atoms with E-state index in [2.05, 4.69) is 113 Å². The van der Waals surface area contributed by atoms with Gasteiger partial charge >= 0.3 is 206 Å². The van der Waals surface area contributed by atoms with Gasteiger partial charge in [0.25, 0.3) is 0 Å². The third kappa shape index (κ3) is 3.84. The summed E-state index contributed by atoms with van der Waals surface area (Å²) >= 11 is 4.57. The molecule has 2 nitrogen and oxygen atoms in total. The SMILES string of the molecule is CC1=C(CCCP(Br)(c2ccccc2)(c2ccccc2)c2ccccc2)C2(CC1)OCCO2. The topological polar surface area (TPSA) is 18.5 Å². The van der Waals surface area contributed by atoms with Gasteiger partial charge in [-0.1, -0.05) is 0 Å². The van der Waals surface area contributed by atoms with Gasteiger partial charge in [-0.25, -0.2) is 0 Å². The summed E-state index contributed by atoms with van der Waals surface area (Å²) in [7, 11) is 0. The third-order valence-corrected chi connectivity index (χ3v) is 17.5. The number of ether oxygens (including phenoxy) is 2. The average molecular weight is 523 g/mol. The molecule has 1 aliphatic heterocycles. The van der Waals surface area contributed by atoms with Crippen LogP contribution in [0, 0.1) is 0 Å².